The molecule has 0 aliphatic carbocycles. The highest BCUT2D eigenvalue weighted by atomic mass is 19.1. The van der Waals surface area contributed by atoms with Gasteiger partial charge in [0.25, 0.3) is 11.5 Å². The molecule has 0 spiro atoms. The van der Waals surface area contributed by atoms with Crippen LogP contribution in [-0.2, 0) is 20.8 Å². The minimum absolute atomic E-state index is 0.0450. The highest BCUT2D eigenvalue weighted by Gasteiger charge is 2.39. The molecule has 3 atom stereocenters. The molecule has 0 radical (unpaired) electrons. The van der Waals surface area contributed by atoms with Crippen molar-refractivity contribution in [3.8, 4) is 0 Å². The summed E-state index contributed by atoms with van der Waals surface area (Å²) < 4.78 is 34.4. The largest absolute Gasteiger partial charge is 0.459 e. The van der Waals surface area contributed by atoms with Gasteiger partial charge in [0.1, 0.15) is 18.9 Å². The molecule has 0 bridgehead atoms. The number of benzene rings is 5. The van der Waals surface area contributed by atoms with E-state index < -0.39 is 47.4 Å². The molecule has 2 heterocycles. The zero-order valence-corrected chi connectivity index (χ0v) is 25.5. The molecule has 6 aromatic rings. The second kappa shape index (κ2) is 13.2. The maximum atomic E-state index is 15.2. The zero-order valence-electron chi connectivity index (χ0n) is 25.5. The van der Waals surface area contributed by atoms with E-state index in [1.54, 1.807) is 48.5 Å². The van der Waals surface area contributed by atoms with E-state index in [9.17, 15) is 19.2 Å². The first-order chi connectivity index (χ1) is 23.4. The third-order valence-corrected chi connectivity index (χ3v) is 8.48. The lowest BCUT2D eigenvalue weighted by atomic mass is 10.0. The number of ether oxygens (including phenoxy) is 3. The number of hydrogen-bond donors (Lipinski definition) is 0. The molecule has 0 amide bonds. The molecule has 240 valence electrons. The summed E-state index contributed by atoms with van der Waals surface area (Å²) in [7, 11) is 0. The molecule has 1 saturated heterocycles. The van der Waals surface area contributed by atoms with E-state index in [0.29, 0.717) is 16.3 Å². The highest BCUT2D eigenvalue weighted by molar-refractivity contribution is 6.08. The number of rotatable bonds is 8. The van der Waals surface area contributed by atoms with Gasteiger partial charge in [-0.15, -0.1) is 0 Å². The lowest BCUT2D eigenvalue weighted by molar-refractivity contribution is -0.0710. The number of hydrogen-bond acceptors (Lipinski definition) is 7. The SMILES string of the molecule is O=C(OC[C@@H]1O[C@H](n2cc(F)c(=O)n(C(=O)c3cccc4ccccc34)c2=O)CC1OCc1ccccc1)c1cccc2ccccc12. The minimum Gasteiger partial charge on any atom is -0.459 e. The van der Waals surface area contributed by atoms with Crippen LogP contribution in [0.25, 0.3) is 21.5 Å². The van der Waals surface area contributed by atoms with E-state index in [-0.39, 0.29) is 29.8 Å². The molecule has 1 aromatic heterocycles. The van der Waals surface area contributed by atoms with Crippen molar-refractivity contribution in [2.24, 2.45) is 0 Å². The third kappa shape index (κ3) is 5.94. The predicted molar refractivity (Wildman–Crippen MR) is 176 cm³/mol. The maximum absolute atomic E-state index is 15.2. The molecule has 1 unspecified atom stereocenters. The molecule has 48 heavy (non-hydrogen) atoms. The van der Waals surface area contributed by atoms with Gasteiger partial charge in [-0.25, -0.2) is 9.59 Å². The quantitative estimate of drug-likeness (QED) is 0.191. The Morgan fingerprint density at radius 2 is 1.38 bits per heavy atom. The van der Waals surface area contributed by atoms with Crippen LogP contribution in [0.1, 0.15) is 38.9 Å². The average molecular weight is 645 g/mol. The van der Waals surface area contributed by atoms with Crippen LogP contribution in [0.4, 0.5) is 4.39 Å². The van der Waals surface area contributed by atoms with Crippen molar-refractivity contribution in [3.63, 3.8) is 0 Å². The maximum Gasteiger partial charge on any atom is 0.340 e. The Balaban J connectivity index is 1.19. The number of halogens is 1. The van der Waals surface area contributed by atoms with E-state index in [1.807, 2.05) is 60.7 Å². The van der Waals surface area contributed by atoms with Crippen molar-refractivity contribution in [1.82, 2.24) is 9.13 Å². The Morgan fingerprint density at radius 3 is 2.08 bits per heavy atom. The summed E-state index contributed by atoms with van der Waals surface area (Å²) in [6.07, 6.45) is -1.91. The number of aromatic nitrogens is 2. The Hall–Kier alpha value is -5.71. The molecule has 1 aliphatic rings. The van der Waals surface area contributed by atoms with Gasteiger partial charge < -0.3 is 14.2 Å². The van der Waals surface area contributed by atoms with Gasteiger partial charge >= 0.3 is 11.7 Å². The molecule has 10 heteroatoms. The van der Waals surface area contributed by atoms with Gasteiger partial charge in [0.05, 0.1) is 24.5 Å². The summed E-state index contributed by atoms with van der Waals surface area (Å²) in [5, 5.41) is 2.83. The Morgan fingerprint density at radius 1 is 0.771 bits per heavy atom. The summed E-state index contributed by atoms with van der Waals surface area (Å²) in [5.41, 5.74) is -1.12. The average Bonchev–Trinajstić information content (AvgIpc) is 3.53. The number of esters is 1. The number of fused-ring (bicyclic) bond motifs is 2. The summed E-state index contributed by atoms with van der Waals surface area (Å²) in [5.74, 6) is -2.84. The van der Waals surface area contributed by atoms with Crippen LogP contribution in [0.5, 0.6) is 0 Å². The smallest absolute Gasteiger partial charge is 0.340 e. The summed E-state index contributed by atoms with van der Waals surface area (Å²) in [6.45, 7) is -0.0402. The first kappa shape index (κ1) is 30.9. The predicted octanol–water partition coefficient (Wildman–Crippen LogP) is 5.87. The van der Waals surface area contributed by atoms with Crippen LogP contribution in [0.15, 0.2) is 131 Å². The zero-order chi connectivity index (χ0) is 33.2. The van der Waals surface area contributed by atoms with Crippen LogP contribution in [-0.4, -0.2) is 39.8 Å². The van der Waals surface area contributed by atoms with Crippen LogP contribution in [0.2, 0.25) is 0 Å². The Kier molecular flexibility index (Phi) is 8.49. The normalized spacial score (nSPS) is 17.5. The van der Waals surface area contributed by atoms with Gasteiger partial charge in [-0.1, -0.05) is 103 Å². The second-order valence-electron chi connectivity index (χ2n) is 11.5. The van der Waals surface area contributed by atoms with E-state index in [0.717, 1.165) is 27.1 Å². The molecular formula is C38H29FN2O7. The molecular weight excluding hydrogens is 615 g/mol. The number of carbonyl (C=O) groups is 2. The van der Waals surface area contributed by atoms with Crippen molar-refractivity contribution in [2.75, 3.05) is 6.61 Å². The second-order valence-corrected chi connectivity index (χ2v) is 11.5. The van der Waals surface area contributed by atoms with Crippen molar-refractivity contribution in [2.45, 2.75) is 31.5 Å². The van der Waals surface area contributed by atoms with Crippen LogP contribution < -0.4 is 11.2 Å². The lowest BCUT2D eigenvalue weighted by Gasteiger charge is -2.19. The van der Waals surface area contributed by atoms with Crippen molar-refractivity contribution < 1.29 is 28.2 Å². The molecule has 7 rings (SSSR count). The van der Waals surface area contributed by atoms with Gasteiger partial charge in [-0.05, 0) is 39.2 Å². The molecule has 1 aliphatic heterocycles. The molecule has 1 fully saturated rings. The topological polar surface area (TPSA) is 106 Å². The fraction of sp³-hybridized carbons (Fsp3) is 0.158. The Labute approximate surface area is 273 Å². The summed E-state index contributed by atoms with van der Waals surface area (Å²) in [6, 6.07) is 34.0. The Bertz CT molecular complexity index is 2270. The number of carbonyl (C=O) groups excluding carboxylic acids is 2. The first-order valence-electron chi connectivity index (χ1n) is 15.4. The summed E-state index contributed by atoms with van der Waals surface area (Å²) in [4.78, 5) is 53.6. The summed E-state index contributed by atoms with van der Waals surface area (Å²) >= 11 is 0. The van der Waals surface area contributed by atoms with Gasteiger partial charge in [-0.3, -0.25) is 14.2 Å². The van der Waals surface area contributed by atoms with Crippen LogP contribution in [0, 0.1) is 5.82 Å². The minimum atomic E-state index is -1.37. The van der Waals surface area contributed by atoms with Gasteiger partial charge in [-0.2, -0.15) is 8.96 Å². The van der Waals surface area contributed by atoms with Gasteiger partial charge in [0, 0.05) is 12.0 Å². The van der Waals surface area contributed by atoms with E-state index in [4.69, 9.17) is 14.2 Å². The molecule has 0 saturated carbocycles. The van der Waals surface area contributed by atoms with E-state index >= 15 is 4.39 Å². The van der Waals surface area contributed by atoms with E-state index in [2.05, 4.69) is 0 Å². The van der Waals surface area contributed by atoms with Crippen molar-refractivity contribution >= 4 is 33.4 Å². The van der Waals surface area contributed by atoms with Crippen molar-refractivity contribution in [3.05, 3.63) is 165 Å². The van der Waals surface area contributed by atoms with Gasteiger partial charge in [0.2, 0.25) is 5.82 Å². The van der Waals surface area contributed by atoms with Crippen LogP contribution >= 0.6 is 0 Å². The third-order valence-electron chi connectivity index (χ3n) is 8.48. The van der Waals surface area contributed by atoms with E-state index in [1.165, 1.54) is 6.07 Å². The first-order valence-corrected chi connectivity index (χ1v) is 15.4. The number of nitrogens with zero attached hydrogens (tertiary/aromatic N) is 2. The van der Waals surface area contributed by atoms with Crippen molar-refractivity contribution in [1.29, 1.82) is 0 Å². The van der Waals surface area contributed by atoms with Gasteiger partial charge in [0.15, 0.2) is 0 Å². The molecule has 0 N–H and O–H groups in total. The molecule has 9 nitrogen and oxygen atoms in total. The molecule has 5 aromatic carbocycles. The fourth-order valence-corrected chi connectivity index (χ4v) is 6.07. The highest BCUT2D eigenvalue weighted by Crippen LogP contribution is 2.31. The van der Waals surface area contributed by atoms with Crippen LogP contribution in [0.3, 0.4) is 0 Å². The lowest BCUT2D eigenvalue weighted by Crippen LogP contribution is -2.46. The standard InChI is InChI=1S/C38H29FN2O7/c39-31-21-40(38(45)41(36(31)43)35(42)29-18-8-14-25-12-4-6-16-27(25)29)34-20-32(46-22-24-10-2-1-3-11-24)33(48-34)23-47-37(44)30-19-9-15-26-13-5-7-17-28(26)30/h1-19,21,32-34H,20,22-23H2/t32?,33-,34-/m0/s1. The fourth-order valence-electron chi connectivity index (χ4n) is 6.07. The monoisotopic (exact) mass is 644 g/mol.